The zero-order valence-corrected chi connectivity index (χ0v) is 13.5. The van der Waals surface area contributed by atoms with Crippen LogP contribution in [0.15, 0.2) is 36.4 Å². The molecule has 0 aliphatic rings. The fourth-order valence-corrected chi connectivity index (χ4v) is 2.63. The highest BCUT2D eigenvalue weighted by Gasteiger charge is 2.05. The number of nitrogens with zero attached hydrogens (tertiary/aromatic N) is 2. The molecule has 0 bridgehead atoms. The van der Waals surface area contributed by atoms with Crippen LogP contribution < -0.4 is 5.32 Å². The first-order chi connectivity index (χ1) is 10.2. The second-order valence-electron chi connectivity index (χ2n) is 5.60. The highest BCUT2D eigenvalue weighted by atomic mass is 15.1. The van der Waals surface area contributed by atoms with Gasteiger partial charge in [0, 0.05) is 11.4 Å². The molecular weight excluding hydrogens is 258 g/mol. The van der Waals surface area contributed by atoms with Crippen molar-refractivity contribution in [2.75, 3.05) is 25.0 Å². The van der Waals surface area contributed by atoms with Gasteiger partial charge in [-0.15, -0.1) is 0 Å². The van der Waals surface area contributed by atoms with E-state index in [0.29, 0.717) is 6.04 Å². The number of fused-ring (bicyclic) bond motifs is 1. The molecule has 1 heterocycles. The topological polar surface area (TPSA) is 28.2 Å². The summed E-state index contributed by atoms with van der Waals surface area (Å²) in [5.41, 5.74) is 1.05. The molecule has 1 aromatic heterocycles. The predicted octanol–water partition coefficient (Wildman–Crippen LogP) is 4.16. The quantitative estimate of drug-likeness (QED) is 0.789. The van der Waals surface area contributed by atoms with Crippen molar-refractivity contribution < 1.29 is 0 Å². The Morgan fingerprint density at radius 3 is 2.62 bits per heavy atom. The maximum atomic E-state index is 4.67. The smallest absolute Gasteiger partial charge is 0.126 e. The van der Waals surface area contributed by atoms with Gasteiger partial charge in [-0.25, -0.2) is 4.98 Å². The van der Waals surface area contributed by atoms with Gasteiger partial charge in [-0.2, -0.15) is 0 Å². The van der Waals surface area contributed by atoms with Crippen molar-refractivity contribution in [1.82, 2.24) is 9.88 Å². The lowest BCUT2D eigenvalue weighted by molar-refractivity contribution is 0.295. The molecule has 2 aromatic rings. The largest absolute Gasteiger partial charge is 0.368 e. The minimum absolute atomic E-state index is 0.453. The molecule has 1 atom stereocenters. The van der Waals surface area contributed by atoms with Gasteiger partial charge >= 0.3 is 0 Å². The second kappa shape index (κ2) is 7.99. The van der Waals surface area contributed by atoms with Crippen LogP contribution >= 0.6 is 0 Å². The van der Waals surface area contributed by atoms with E-state index in [1.54, 1.807) is 0 Å². The highest BCUT2D eigenvalue weighted by molar-refractivity contribution is 5.80. The van der Waals surface area contributed by atoms with Crippen LogP contribution in [0.25, 0.3) is 10.9 Å². The van der Waals surface area contributed by atoms with Crippen LogP contribution in [0.3, 0.4) is 0 Å². The van der Waals surface area contributed by atoms with Crippen molar-refractivity contribution in [2.24, 2.45) is 0 Å². The molecule has 1 N–H and O–H groups in total. The molecule has 0 aliphatic heterocycles. The van der Waals surface area contributed by atoms with E-state index in [2.05, 4.69) is 60.2 Å². The van der Waals surface area contributed by atoms with Crippen LogP contribution in [0.2, 0.25) is 0 Å². The van der Waals surface area contributed by atoms with Crippen molar-refractivity contribution in [1.29, 1.82) is 0 Å². The van der Waals surface area contributed by atoms with E-state index in [0.717, 1.165) is 24.4 Å². The molecule has 0 radical (unpaired) electrons. The molecule has 21 heavy (non-hydrogen) atoms. The van der Waals surface area contributed by atoms with Gasteiger partial charge in [-0.05, 0) is 57.6 Å². The summed E-state index contributed by atoms with van der Waals surface area (Å²) in [5, 5.41) is 4.71. The van der Waals surface area contributed by atoms with E-state index in [4.69, 9.17) is 0 Å². The summed E-state index contributed by atoms with van der Waals surface area (Å²) in [7, 11) is 0. The Bertz CT molecular complexity index is 549. The summed E-state index contributed by atoms with van der Waals surface area (Å²) in [6.45, 7) is 10.2. The van der Waals surface area contributed by atoms with Crippen molar-refractivity contribution in [2.45, 2.75) is 39.7 Å². The molecule has 3 nitrogen and oxygen atoms in total. The van der Waals surface area contributed by atoms with E-state index < -0.39 is 0 Å². The molecule has 0 saturated heterocycles. The first kappa shape index (κ1) is 15.8. The van der Waals surface area contributed by atoms with Gasteiger partial charge in [0.2, 0.25) is 0 Å². The molecule has 0 amide bonds. The van der Waals surface area contributed by atoms with Crippen LogP contribution in [0.1, 0.15) is 33.6 Å². The molecule has 0 aliphatic carbocycles. The molecule has 2 rings (SSSR count). The zero-order chi connectivity index (χ0) is 15.1. The maximum absolute atomic E-state index is 4.67. The van der Waals surface area contributed by atoms with Crippen LogP contribution in [0, 0.1) is 0 Å². The van der Waals surface area contributed by atoms with Crippen LogP contribution in [0.5, 0.6) is 0 Å². The molecule has 1 aromatic carbocycles. The fourth-order valence-electron chi connectivity index (χ4n) is 2.63. The second-order valence-corrected chi connectivity index (χ2v) is 5.60. The number of anilines is 1. The number of aromatic nitrogens is 1. The van der Waals surface area contributed by atoms with Crippen LogP contribution in [-0.4, -0.2) is 35.6 Å². The molecular formula is C18H27N3. The minimum atomic E-state index is 0.453. The van der Waals surface area contributed by atoms with Crippen molar-refractivity contribution >= 4 is 16.7 Å². The number of rotatable bonds is 8. The van der Waals surface area contributed by atoms with Gasteiger partial charge in [0.25, 0.3) is 0 Å². The third kappa shape index (κ3) is 4.71. The lowest BCUT2D eigenvalue weighted by Crippen LogP contribution is -2.25. The van der Waals surface area contributed by atoms with E-state index in [1.807, 2.05) is 12.1 Å². The van der Waals surface area contributed by atoms with Gasteiger partial charge in [-0.1, -0.05) is 32.0 Å². The highest BCUT2D eigenvalue weighted by Crippen LogP contribution is 2.16. The Kier molecular flexibility index (Phi) is 6.00. The molecule has 114 valence electrons. The lowest BCUT2D eigenvalue weighted by atomic mass is 10.1. The number of hydrogen-bond acceptors (Lipinski definition) is 3. The SMILES string of the molecule is CCN(CC)CCC[C@@H](C)Nc1ccc2ccccc2n1. The van der Waals surface area contributed by atoms with Crippen molar-refractivity contribution in [3.63, 3.8) is 0 Å². The Balaban J connectivity index is 1.85. The standard InChI is InChI=1S/C18H27N3/c1-4-21(5-2)14-8-9-15(3)19-18-13-12-16-10-6-7-11-17(16)20-18/h6-7,10-13,15H,4-5,8-9,14H2,1-3H3,(H,19,20)/t15-/m1/s1. The third-order valence-electron chi connectivity index (χ3n) is 4.00. The summed E-state index contributed by atoms with van der Waals surface area (Å²) in [6.07, 6.45) is 2.40. The van der Waals surface area contributed by atoms with E-state index in [-0.39, 0.29) is 0 Å². The Labute approximate surface area is 128 Å². The van der Waals surface area contributed by atoms with Gasteiger partial charge in [0.1, 0.15) is 5.82 Å². The molecule has 0 spiro atoms. The van der Waals surface area contributed by atoms with Crippen LogP contribution in [-0.2, 0) is 0 Å². The summed E-state index contributed by atoms with van der Waals surface area (Å²) in [4.78, 5) is 7.14. The van der Waals surface area contributed by atoms with Crippen LogP contribution in [0.4, 0.5) is 5.82 Å². The van der Waals surface area contributed by atoms with E-state index in [9.17, 15) is 0 Å². The average Bonchev–Trinajstić information content (AvgIpc) is 2.51. The zero-order valence-electron chi connectivity index (χ0n) is 13.5. The number of para-hydroxylation sites is 1. The van der Waals surface area contributed by atoms with Gasteiger partial charge < -0.3 is 10.2 Å². The predicted molar refractivity (Wildman–Crippen MR) is 91.8 cm³/mol. The van der Waals surface area contributed by atoms with E-state index >= 15 is 0 Å². The maximum Gasteiger partial charge on any atom is 0.126 e. The van der Waals surface area contributed by atoms with E-state index in [1.165, 1.54) is 24.8 Å². The van der Waals surface area contributed by atoms with Crippen molar-refractivity contribution in [3.05, 3.63) is 36.4 Å². The summed E-state index contributed by atoms with van der Waals surface area (Å²) in [6, 6.07) is 12.9. The fraction of sp³-hybridized carbons (Fsp3) is 0.500. The first-order valence-corrected chi connectivity index (χ1v) is 8.07. The molecule has 0 fully saturated rings. The minimum Gasteiger partial charge on any atom is -0.368 e. The van der Waals surface area contributed by atoms with Gasteiger partial charge in [-0.3, -0.25) is 0 Å². The molecule has 0 saturated carbocycles. The summed E-state index contributed by atoms with van der Waals surface area (Å²) >= 11 is 0. The Morgan fingerprint density at radius 2 is 1.86 bits per heavy atom. The lowest BCUT2D eigenvalue weighted by Gasteiger charge is -2.20. The number of nitrogens with one attached hydrogen (secondary N) is 1. The first-order valence-electron chi connectivity index (χ1n) is 8.07. The van der Waals surface area contributed by atoms with Crippen molar-refractivity contribution in [3.8, 4) is 0 Å². The summed E-state index contributed by atoms with van der Waals surface area (Å²) < 4.78 is 0. The normalized spacial score (nSPS) is 12.8. The Hall–Kier alpha value is -1.61. The monoisotopic (exact) mass is 285 g/mol. The van der Waals surface area contributed by atoms with Gasteiger partial charge in [0.15, 0.2) is 0 Å². The molecule has 3 heteroatoms. The van der Waals surface area contributed by atoms with Gasteiger partial charge in [0.05, 0.1) is 5.52 Å². The number of benzene rings is 1. The molecule has 0 unspecified atom stereocenters. The number of hydrogen-bond donors (Lipinski definition) is 1. The number of pyridine rings is 1. The Morgan fingerprint density at radius 1 is 1.10 bits per heavy atom. The summed E-state index contributed by atoms with van der Waals surface area (Å²) in [5.74, 6) is 0.976. The third-order valence-corrected chi connectivity index (χ3v) is 4.00. The average molecular weight is 285 g/mol.